The van der Waals surface area contributed by atoms with Crippen LogP contribution in [0.1, 0.15) is 44.9 Å². The third-order valence-electron chi connectivity index (χ3n) is 5.12. The van der Waals surface area contributed by atoms with Crippen LogP contribution in [0, 0.1) is 0 Å². The lowest BCUT2D eigenvalue weighted by Gasteiger charge is -2.39. The number of aryl methyl sites for hydroxylation is 1. The number of hydrogen-bond donors (Lipinski definition) is 1. The summed E-state index contributed by atoms with van der Waals surface area (Å²) in [6.07, 6.45) is 3.86. The van der Waals surface area contributed by atoms with Crippen molar-refractivity contribution in [3.05, 3.63) is 30.1 Å². The van der Waals surface area contributed by atoms with E-state index < -0.39 is 0 Å². The van der Waals surface area contributed by atoms with Crippen molar-refractivity contribution >= 4 is 11.0 Å². The van der Waals surface area contributed by atoms with E-state index in [1.165, 1.54) is 37.1 Å². The van der Waals surface area contributed by atoms with Crippen LogP contribution in [0.15, 0.2) is 24.3 Å². The fourth-order valence-electron chi connectivity index (χ4n) is 4.01. The van der Waals surface area contributed by atoms with Crippen LogP contribution in [-0.4, -0.2) is 40.1 Å². The molecular formula is C18H28N4. The van der Waals surface area contributed by atoms with Crippen LogP contribution in [0.5, 0.6) is 0 Å². The van der Waals surface area contributed by atoms with E-state index in [2.05, 4.69) is 47.6 Å². The number of likely N-dealkylation sites (tertiary alicyclic amines) is 1. The average Bonchev–Trinajstić information content (AvgIpc) is 2.94. The SMILES string of the molecule is CCN1CCCCC1C(CN)c1nc2ccccc2n1CC. The van der Waals surface area contributed by atoms with Crippen LogP contribution in [-0.2, 0) is 6.54 Å². The molecule has 2 N–H and O–H groups in total. The normalized spacial score (nSPS) is 21.3. The molecule has 3 rings (SSSR count). The van der Waals surface area contributed by atoms with Crippen molar-refractivity contribution in [3.8, 4) is 0 Å². The van der Waals surface area contributed by atoms with Crippen molar-refractivity contribution < 1.29 is 0 Å². The molecule has 1 aliphatic rings. The van der Waals surface area contributed by atoms with E-state index >= 15 is 0 Å². The first-order valence-corrected chi connectivity index (χ1v) is 8.69. The lowest BCUT2D eigenvalue weighted by molar-refractivity contribution is 0.130. The molecule has 0 amide bonds. The summed E-state index contributed by atoms with van der Waals surface area (Å²) in [6.45, 7) is 8.38. The first-order valence-electron chi connectivity index (χ1n) is 8.69. The summed E-state index contributed by atoms with van der Waals surface area (Å²) in [4.78, 5) is 7.55. The van der Waals surface area contributed by atoms with Gasteiger partial charge in [0.1, 0.15) is 5.82 Å². The number of hydrogen-bond acceptors (Lipinski definition) is 3. The highest BCUT2D eigenvalue weighted by atomic mass is 15.2. The van der Waals surface area contributed by atoms with Gasteiger partial charge in [0.15, 0.2) is 0 Å². The van der Waals surface area contributed by atoms with Crippen molar-refractivity contribution in [2.45, 2.75) is 51.6 Å². The van der Waals surface area contributed by atoms with Crippen molar-refractivity contribution in [3.63, 3.8) is 0 Å². The van der Waals surface area contributed by atoms with E-state index in [0.717, 1.165) is 18.6 Å². The Kier molecular flexibility index (Phi) is 4.79. The van der Waals surface area contributed by atoms with Gasteiger partial charge >= 0.3 is 0 Å². The summed E-state index contributed by atoms with van der Waals surface area (Å²) in [7, 11) is 0. The third-order valence-corrected chi connectivity index (χ3v) is 5.12. The van der Waals surface area contributed by atoms with Gasteiger partial charge in [0.25, 0.3) is 0 Å². The standard InChI is InChI=1S/C18H28N4/c1-3-21-12-8-7-10-16(21)14(13-19)18-20-15-9-5-6-11-17(15)22(18)4-2/h5-6,9,11,14,16H,3-4,7-8,10,12-13,19H2,1-2H3. The molecule has 2 aromatic rings. The van der Waals surface area contributed by atoms with Gasteiger partial charge in [-0.2, -0.15) is 0 Å². The second-order valence-corrected chi connectivity index (χ2v) is 6.24. The molecule has 0 radical (unpaired) electrons. The molecule has 1 aliphatic heterocycles. The van der Waals surface area contributed by atoms with E-state index in [-0.39, 0.29) is 0 Å². The summed E-state index contributed by atoms with van der Waals surface area (Å²) in [6, 6.07) is 8.97. The summed E-state index contributed by atoms with van der Waals surface area (Å²) >= 11 is 0. The maximum absolute atomic E-state index is 6.22. The summed E-state index contributed by atoms with van der Waals surface area (Å²) in [5, 5.41) is 0. The van der Waals surface area contributed by atoms with E-state index in [4.69, 9.17) is 10.7 Å². The number of nitrogens with zero attached hydrogens (tertiary/aromatic N) is 3. The summed E-state index contributed by atoms with van der Waals surface area (Å²) in [5.41, 5.74) is 8.55. The van der Waals surface area contributed by atoms with Crippen LogP contribution in [0.4, 0.5) is 0 Å². The van der Waals surface area contributed by atoms with Crippen LogP contribution in [0.2, 0.25) is 0 Å². The summed E-state index contributed by atoms with van der Waals surface area (Å²) in [5.74, 6) is 1.50. The van der Waals surface area contributed by atoms with Gasteiger partial charge in [0.2, 0.25) is 0 Å². The molecule has 1 aromatic heterocycles. The van der Waals surface area contributed by atoms with Crippen molar-refractivity contribution in [2.24, 2.45) is 5.73 Å². The topological polar surface area (TPSA) is 47.1 Å². The molecule has 120 valence electrons. The molecule has 1 fully saturated rings. The number of rotatable bonds is 5. The molecular weight excluding hydrogens is 272 g/mol. The predicted molar refractivity (Wildman–Crippen MR) is 92.1 cm³/mol. The first-order chi connectivity index (χ1) is 10.8. The number of imidazole rings is 1. The highest BCUT2D eigenvalue weighted by Crippen LogP contribution is 2.31. The number of likely N-dealkylation sites (N-methyl/N-ethyl adjacent to an activating group) is 1. The number of benzene rings is 1. The molecule has 22 heavy (non-hydrogen) atoms. The molecule has 0 bridgehead atoms. The van der Waals surface area contributed by atoms with Crippen LogP contribution in [0.25, 0.3) is 11.0 Å². The maximum Gasteiger partial charge on any atom is 0.115 e. The zero-order valence-electron chi connectivity index (χ0n) is 13.8. The fourth-order valence-corrected chi connectivity index (χ4v) is 4.01. The molecule has 4 heteroatoms. The van der Waals surface area contributed by atoms with Gasteiger partial charge in [-0.3, -0.25) is 4.90 Å². The summed E-state index contributed by atoms with van der Waals surface area (Å²) < 4.78 is 2.36. The monoisotopic (exact) mass is 300 g/mol. The van der Waals surface area contributed by atoms with Crippen molar-refractivity contribution in [2.75, 3.05) is 19.6 Å². The predicted octanol–water partition coefficient (Wildman–Crippen LogP) is 2.97. The molecule has 0 saturated carbocycles. The number of nitrogens with two attached hydrogens (primary N) is 1. The molecule has 1 aromatic carbocycles. The Hall–Kier alpha value is -1.39. The zero-order chi connectivity index (χ0) is 15.5. The van der Waals surface area contributed by atoms with Gasteiger partial charge in [0, 0.05) is 25.0 Å². The minimum Gasteiger partial charge on any atom is -0.330 e. The van der Waals surface area contributed by atoms with E-state index in [0.29, 0.717) is 18.5 Å². The van der Waals surface area contributed by atoms with Crippen molar-refractivity contribution in [1.82, 2.24) is 14.5 Å². The van der Waals surface area contributed by atoms with Gasteiger partial charge in [-0.15, -0.1) is 0 Å². The van der Waals surface area contributed by atoms with Crippen molar-refractivity contribution in [1.29, 1.82) is 0 Å². The molecule has 2 unspecified atom stereocenters. The van der Waals surface area contributed by atoms with E-state index in [1.54, 1.807) is 0 Å². The lowest BCUT2D eigenvalue weighted by atomic mass is 9.89. The third kappa shape index (κ3) is 2.66. The smallest absolute Gasteiger partial charge is 0.115 e. The Labute approximate surface area is 133 Å². The van der Waals surface area contributed by atoms with Gasteiger partial charge in [-0.25, -0.2) is 4.98 Å². The first kappa shape index (κ1) is 15.5. The average molecular weight is 300 g/mol. The second kappa shape index (κ2) is 6.80. The van der Waals surface area contributed by atoms with Gasteiger partial charge < -0.3 is 10.3 Å². The maximum atomic E-state index is 6.22. The minimum absolute atomic E-state index is 0.326. The Bertz CT molecular complexity index is 619. The molecule has 2 heterocycles. The fraction of sp³-hybridized carbons (Fsp3) is 0.611. The molecule has 2 atom stereocenters. The zero-order valence-corrected chi connectivity index (χ0v) is 13.8. The van der Waals surface area contributed by atoms with E-state index in [9.17, 15) is 0 Å². The Morgan fingerprint density at radius 2 is 2.05 bits per heavy atom. The second-order valence-electron chi connectivity index (χ2n) is 6.24. The number of piperidine rings is 1. The van der Waals surface area contributed by atoms with Crippen LogP contribution >= 0.6 is 0 Å². The van der Waals surface area contributed by atoms with Gasteiger partial charge in [0.05, 0.1) is 11.0 Å². The lowest BCUT2D eigenvalue weighted by Crippen LogP contribution is -2.45. The van der Waals surface area contributed by atoms with Crippen LogP contribution in [0.3, 0.4) is 0 Å². The highest BCUT2D eigenvalue weighted by Gasteiger charge is 2.32. The Balaban J connectivity index is 2.02. The Morgan fingerprint density at radius 3 is 2.77 bits per heavy atom. The minimum atomic E-state index is 0.326. The largest absolute Gasteiger partial charge is 0.330 e. The molecule has 0 spiro atoms. The Morgan fingerprint density at radius 1 is 1.23 bits per heavy atom. The quantitative estimate of drug-likeness (QED) is 0.923. The highest BCUT2D eigenvalue weighted by molar-refractivity contribution is 5.76. The van der Waals surface area contributed by atoms with Gasteiger partial charge in [-0.05, 0) is 45.0 Å². The molecule has 0 aliphatic carbocycles. The molecule has 4 nitrogen and oxygen atoms in total. The number of aromatic nitrogens is 2. The van der Waals surface area contributed by atoms with Crippen LogP contribution < -0.4 is 5.73 Å². The van der Waals surface area contributed by atoms with E-state index in [1.807, 2.05) is 0 Å². The molecule has 1 saturated heterocycles. The number of para-hydroxylation sites is 2. The number of fused-ring (bicyclic) bond motifs is 1. The van der Waals surface area contributed by atoms with Gasteiger partial charge in [-0.1, -0.05) is 25.5 Å².